The number of nitrogens with one attached hydrogen (secondary N) is 1. The molecule has 1 aliphatic heterocycles. The molecule has 0 saturated carbocycles. The summed E-state index contributed by atoms with van der Waals surface area (Å²) in [5.41, 5.74) is 0.255. The first-order valence-corrected chi connectivity index (χ1v) is 4.99. The Kier molecular flexibility index (Phi) is 2.95. The number of halogens is 3. The lowest BCUT2D eigenvalue weighted by Gasteiger charge is -2.12. The van der Waals surface area contributed by atoms with E-state index >= 15 is 0 Å². The van der Waals surface area contributed by atoms with Crippen molar-refractivity contribution >= 4 is 0 Å². The number of hydrogen-bond acceptors (Lipinski definition) is 1. The summed E-state index contributed by atoms with van der Waals surface area (Å²) in [6, 6.07) is 4.06. The molecule has 0 spiro atoms. The molecule has 1 atom stereocenters. The molecule has 1 fully saturated rings. The van der Waals surface area contributed by atoms with E-state index in [0.29, 0.717) is 0 Å². The van der Waals surface area contributed by atoms with E-state index in [9.17, 15) is 13.2 Å². The summed E-state index contributed by atoms with van der Waals surface area (Å²) >= 11 is 0. The van der Waals surface area contributed by atoms with E-state index in [1.165, 1.54) is 6.07 Å². The molecule has 82 valence electrons. The molecule has 0 bridgehead atoms. The third-order valence-electron chi connectivity index (χ3n) is 2.72. The van der Waals surface area contributed by atoms with E-state index < -0.39 is 17.8 Å². The van der Waals surface area contributed by atoms with Gasteiger partial charge in [0.05, 0.1) is 5.56 Å². The highest BCUT2D eigenvalue weighted by Crippen LogP contribution is 2.28. The zero-order chi connectivity index (χ0) is 10.8. The van der Waals surface area contributed by atoms with E-state index in [2.05, 4.69) is 5.32 Å². The molecular weight excluding hydrogens is 203 g/mol. The Balaban J connectivity index is 2.29. The fourth-order valence-corrected chi connectivity index (χ4v) is 1.92. The molecule has 1 aromatic rings. The van der Waals surface area contributed by atoms with Crippen molar-refractivity contribution in [2.45, 2.75) is 25.3 Å². The van der Waals surface area contributed by atoms with Crippen LogP contribution in [0.25, 0.3) is 0 Å². The minimum atomic E-state index is -2.74. The average molecular weight is 215 g/mol. The first kappa shape index (κ1) is 10.5. The number of alkyl halides is 2. The van der Waals surface area contributed by atoms with Crippen LogP contribution in [0.4, 0.5) is 13.2 Å². The van der Waals surface area contributed by atoms with Crippen molar-refractivity contribution in [2.75, 3.05) is 6.54 Å². The fourth-order valence-electron chi connectivity index (χ4n) is 1.92. The maximum Gasteiger partial charge on any atom is 0.266 e. The fraction of sp³-hybridized carbons (Fsp3) is 0.455. The molecule has 0 unspecified atom stereocenters. The summed E-state index contributed by atoms with van der Waals surface area (Å²) in [4.78, 5) is 0. The molecule has 2 rings (SSSR count). The van der Waals surface area contributed by atoms with Gasteiger partial charge in [-0.1, -0.05) is 6.07 Å². The van der Waals surface area contributed by atoms with Crippen LogP contribution >= 0.6 is 0 Å². The van der Waals surface area contributed by atoms with E-state index in [4.69, 9.17) is 0 Å². The van der Waals surface area contributed by atoms with E-state index in [1.54, 1.807) is 6.07 Å². The van der Waals surface area contributed by atoms with Gasteiger partial charge in [-0.05, 0) is 37.1 Å². The average Bonchev–Trinajstić information content (AvgIpc) is 2.71. The van der Waals surface area contributed by atoms with Crippen LogP contribution in [0.5, 0.6) is 0 Å². The second-order valence-electron chi connectivity index (χ2n) is 3.73. The van der Waals surface area contributed by atoms with Gasteiger partial charge in [0.15, 0.2) is 0 Å². The topological polar surface area (TPSA) is 12.0 Å². The standard InChI is InChI=1S/C11H12F3N/c12-9-4-3-7(6-8(9)11(13)14)10-2-1-5-15-10/h3-4,6,10-11,15H,1-2,5H2/t10-/m1/s1. The Bertz CT molecular complexity index is 346. The van der Waals surface area contributed by atoms with Gasteiger partial charge >= 0.3 is 0 Å². The second-order valence-corrected chi connectivity index (χ2v) is 3.73. The summed E-state index contributed by atoms with van der Waals surface area (Å²) in [7, 11) is 0. The Morgan fingerprint density at radius 3 is 2.73 bits per heavy atom. The van der Waals surface area contributed by atoms with Crippen molar-refractivity contribution in [1.29, 1.82) is 0 Å². The third-order valence-corrected chi connectivity index (χ3v) is 2.72. The lowest BCUT2D eigenvalue weighted by atomic mass is 10.0. The normalized spacial score (nSPS) is 21.2. The van der Waals surface area contributed by atoms with Gasteiger partial charge in [0.1, 0.15) is 5.82 Å². The van der Waals surface area contributed by atoms with Crippen molar-refractivity contribution < 1.29 is 13.2 Å². The molecule has 4 heteroatoms. The molecule has 1 N–H and O–H groups in total. The predicted molar refractivity (Wildman–Crippen MR) is 51.3 cm³/mol. The van der Waals surface area contributed by atoms with Gasteiger partial charge in [0.2, 0.25) is 0 Å². The lowest BCUT2D eigenvalue weighted by Crippen LogP contribution is -2.13. The minimum absolute atomic E-state index is 0.100. The van der Waals surface area contributed by atoms with Crippen LogP contribution in [0.3, 0.4) is 0 Å². The van der Waals surface area contributed by atoms with Crippen LogP contribution in [0, 0.1) is 5.82 Å². The van der Waals surface area contributed by atoms with Gasteiger partial charge in [0.25, 0.3) is 6.43 Å². The molecular formula is C11H12F3N. The first-order chi connectivity index (χ1) is 7.18. The van der Waals surface area contributed by atoms with Gasteiger partial charge in [-0.3, -0.25) is 0 Å². The Morgan fingerprint density at radius 1 is 1.33 bits per heavy atom. The SMILES string of the molecule is Fc1ccc([C@H]2CCCN2)cc1C(F)F. The number of benzene rings is 1. The van der Waals surface area contributed by atoms with Gasteiger partial charge in [-0.2, -0.15) is 0 Å². The summed E-state index contributed by atoms with van der Waals surface area (Å²) in [5, 5.41) is 3.19. The Morgan fingerprint density at radius 2 is 2.13 bits per heavy atom. The van der Waals surface area contributed by atoms with Gasteiger partial charge < -0.3 is 5.32 Å². The maximum atomic E-state index is 13.0. The zero-order valence-corrected chi connectivity index (χ0v) is 8.14. The van der Waals surface area contributed by atoms with Crippen molar-refractivity contribution in [3.63, 3.8) is 0 Å². The third kappa shape index (κ3) is 2.15. The molecule has 1 heterocycles. The molecule has 0 aliphatic carbocycles. The smallest absolute Gasteiger partial charge is 0.266 e. The predicted octanol–water partition coefficient (Wildman–Crippen LogP) is 3.19. The van der Waals surface area contributed by atoms with Crippen LogP contribution in [-0.2, 0) is 0 Å². The summed E-state index contributed by atoms with van der Waals surface area (Å²) in [5.74, 6) is -0.827. The molecule has 0 amide bonds. The van der Waals surface area contributed by atoms with Crippen LogP contribution in [-0.4, -0.2) is 6.54 Å². The molecule has 1 aromatic carbocycles. The summed E-state index contributed by atoms with van der Waals surface area (Å²) in [6.45, 7) is 0.895. The quantitative estimate of drug-likeness (QED) is 0.798. The highest BCUT2D eigenvalue weighted by atomic mass is 19.3. The highest BCUT2D eigenvalue weighted by Gasteiger charge is 2.20. The summed E-state index contributed by atoms with van der Waals surface area (Å²) in [6.07, 6.45) is -0.785. The van der Waals surface area contributed by atoms with E-state index in [-0.39, 0.29) is 6.04 Å². The second kappa shape index (κ2) is 4.23. The lowest BCUT2D eigenvalue weighted by molar-refractivity contribution is 0.146. The van der Waals surface area contributed by atoms with Crippen molar-refractivity contribution in [3.8, 4) is 0 Å². The van der Waals surface area contributed by atoms with Crippen LogP contribution in [0.2, 0.25) is 0 Å². The van der Waals surface area contributed by atoms with Gasteiger partial charge in [0, 0.05) is 6.04 Å². The Labute approximate surface area is 86.3 Å². The molecule has 0 aromatic heterocycles. The number of hydrogen-bond donors (Lipinski definition) is 1. The summed E-state index contributed by atoms with van der Waals surface area (Å²) < 4.78 is 37.9. The monoisotopic (exact) mass is 215 g/mol. The van der Waals surface area contributed by atoms with E-state index in [1.807, 2.05) is 0 Å². The Hall–Kier alpha value is -1.03. The van der Waals surface area contributed by atoms with Crippen molar-refractivity contribution in [1.82, 2.24) is 5.32 Å². The van der Waals surface area contributed by atoms with Crippen LogP contribution < -0.4 is 5.32 Å². The van der Waals surface area contributed by atoms with Crippen molar-refractivity contribution in [2.24, 2.45) is 0 Å². The van der Waals surface area contributed by atoms with Crippen molar-refractivity contribution in [3.05, 3.63) is 35.1 Å². The van der Waals surface area contributed by atoms with E-state index in [0.717, 1.165) is 31.0 Å². The maximum absolute atomic E-state index is 13.0. The zero-order valence-electron chi connectivity index (χ0n) is 8.14. The highest BCUT2D eigenvalue weighted by molar-refractivity contribution is 5.28. The molecule has 1 aliphatic rings. The molecule has 15 heavy (non-hydrogen) atoms. The first-order valence-electron chi connectivity index (χ1n) is 4.99. The van der Waals surface area contributed by atoms with Crippen LogP contribution in [0.15, 0.2) is 18.2 Å². The molecule has 0 radical (unpaired) electrons. The number of rotatable bonds is 2. The minimum Gasteiger partial charge on any atom is -0.310 e. The largest absolute Gasteiger partial charge is 0.310 e. The molecule has 1 nitrogen and oxygen atoms in total. The molecule has 1 saturated heterocycles. The van der Waals surface area contributed by atoms with Crippen LogP contribution in [0.1, 0.15) is 36.4 Å². The van der Waals surface area contributed by atoms with Gasteiger partial charge in [-0.15, -0.1) is 0 Å². The van der Waals surface area contributed by atoms with Gasteiger partial charge in [-0.25, -0.2) is 13.2 Å².